The zero-order valence-corrected chi connectivity index (χ0v) is 9.81. The second-order valence-electron chi connectivity index (χ2n) is 3.87. The van der Waals surface area contributed by atoms with E-state index in [-0.39, 0.29) is 28.8 Å². The largest absolute Gasteiger partial charge is 0.417 e. The summed E-state index contributed by atoms with van der Waals surface area (Å²) in [5.41, 5.74) is -0.458. The van der Waals surface area contributed by atoms with Gasteiger partial charge in [-0.2, -0.15) is 4.68 Å². The lowest BCUT2D eigenvalue weighted by Gasteiger charge is -2.07. The van der Waals surface area contributed by atoms with Gasteiger partial charge in [-0.3, -0.25) is 4.98 Å². The van der Waals surface area contributed by atoms with Gasteiger partial charge in [-0.25, -0.2) is 19.1 Å². The van der Waals surface area contributed by atoms with Crippen molar-refractivity contribution in [1.29, 1.82) is 0 Å². The van der Waals surface area contributed by atoms with Crippen LogP contribution in [0.25, 0.3) is 16.8 Å². The zero-order valence-electron chi connectivity index (χ0n) is 9.81. The maximum Gasteiger partial charge on any atom is 0.417 e. The van der Waals surface area contributed by atoms with Crippen LogP contribution in [-0.4, -0.2) is 25.2 Å². The Labute approximate surface area is 109 Å². The third-order valence-electron chi connectivity index (χ3n) is 2.71. The maximum absolute atomic E-state index is 14.2. The van der Waals surface area contributed by atoms with E-state index in [1.165, 1.54) is 0 Å². The van der Waals surface area contributed by atoms with Crippen LogP contribution in [0.5, 0.6) is 0 Å². The molecular formula is C11H6FN5O3. The van der Waals surface area contributed by atoms with Crippen molar-refractivity contribution in [2.24, 2.45) is 0 Å². The van der Waals surface area contributed by atoms with E-state index >= 15 is 0 Å². The Bertz CT molecular complexity index is 955. The molecule has 0 aliphatic carbocycles. The first-order valence-electron chi connectivity index (χ1n) is 5.40. The van der Waals surface area contributed by atoms with E-state index in [1.807, 2.05) is 5.10 Å². The predicted molar refractivity (Wildman–Crippen MR) is 64.9 cm³/mol. The first kappa shape index (κ1) is 11.9. The van der Waals surface area contributed by atoms with Crippen LogP contribution in [0.4, 0.5) is 4.39 Å². The first-order chi connectivity index (χ1) is 9.61. The highest BCUT2D eigenvalue weighted by molar-refractivity contribution is 5.80. The number of hydrogen-bond donors (Lipinski definition) is 2. The van der Waals surface area contributed by atoms with Gasteiger partial charge in [0, 0.05) is 18.1 Å². The molecule has 0 radical (unpaired) electrons. The Morgan fingerprint density at radius 1 is 1.50 bits per heavy atom. The average Bonchev–Trinajstić information content (AvgIpc) is 2.95. The molecule has 0 saturated carbocycles. The molecule has 2 N–H and O–H groups in total. The van der Waals surface area contributed by atoms with Crippen LogP contribution in [0.1, 0.15) is 5.56 Å². The second kappa shape index (κ2) is 4.20. The van der Waals surface area contributed by atoms with E-state index in [1.54, 1.807) is 0 Å². The standard InChI is InChI=1S/C11H6FN5O3/c1-2-3-5-8-7(20-11(19)13-8)4-6(12)9(5)17-10(18)14-15-16-17/h1,4H,3H2,(H,13,19)(H,14,16,18). The molecular weight excluding hydrogens is 269 g/mol. The van der Waals surface area contributed by atoms with Crippen LogP contribution in [0.3, 0.4) is 0 Å². The number of nitrogens with one attached hydrogen (secondary N) is 2. The predicted octanol–water partition coefficient (Wildman–Crippen LogP) is -0.295. The van der Waals surface area contributed by atoms with Crippen molar-refractivity contribution in [3.05, 3.63) is 38.5 Å². The van der Waals surface area contributed by atoms with Gasteiger partial charge in [-0.15, -0.1) is 12.3 Å². The molecule has 0 aliphatic rings. The molecule has 0 atom stereocenters. The van der Waals surface area contributed by atoms with Crippen LogP contribution in [0, 0.1) is 18.2 Å². The lowest BCUT2D eigenvalue weighted by molar-refractivity contribution is 0.548. The van der Waals surface area contributed by atoms with Crippen molar-refractivity contribution < 1.29 is 8.81 Å². The summed E-state index contributed by atoms with van der Waals surface area (Å²) in [6.07, 6.45) is 5.21. The lowest BCUT2D eigenvalue weighted by Crippen LogP contribution is -2.19. The Morgan fingerprint density at radius 3 is 2.95 bits per heavy atom. The van der Waals surface area contributed by atoms with Gasteiger partial charge in [0.15, 0.2) is 11.4 Å². The van der Waals surface area contributed by atoms with Crippen LogP contribution in [-0.2, 0) is 6.42 Å². The lowest BCUT2D eigenvalue weighted by atomic mass is 10.1. The summed E-state index contributed by atoms with van der Waals surface area (Å²) in [4.78, 5) is 25.2. The quantitative estimate of drug-likeness (QED) is 0.624. The number of terminal acetylenes is 1. The van der Waals surface area contributed by atoms with Gasteiger partial charge < -0.3 is 4.42 Å². The number of hydrogen-bond acceptors (Lipinski definition) is 5. The highest BCUT2D eigenvalue weighted by atomic mass is 19.1. The number of fused-ring (bicyclic) bond motifs is 1. The fraction of sp³-hybridized carbons (Fsp3) is 0.0909. The maximum atomic E-state index is 14.2. The Kier molecular flexibility index (Phi) is 2.50. The number of aromatic amines is 2. The number of tetrazole rings is 1. The topological polar surface area (TPSA) is 110 Å². The van der Waals surface area contributed by atoms with E-state index in [0.29, 0.717) is 0 Å². The summed E-state index contributed by atoms with van der Waals surface area (Å²) in [5, 5.41) is 8.81. The van der Waals surface area contributed by atoms with Crippen LogP contribution in [0.15, 0.2) is 20.1 Å². The van der Waals surface area contributed by atoms with E-state index in [2.05, 4.69) is 21.3 Å². The molecule has 8 nitrogen and oxygen atoms in total. The molecule has 0 saturated heterocycles. The summed E-state index contributed by atoms with van der Waals surface area (Å²) in [5.74, 6) is 0.778. The third kappa shape index (κ3) is 1.63. The Morgan fingerprint density at radius 2 is 2.30 bits per heavy atom. The van der Waals surface area contributed by atoms with Gasteiger partial charge in [-0.1, -0.05) is 0 Å². The van der Waals surface area contributed by atoms with E-state index in [9.17, 15) is 14.0 Å². The van der Waals surface area contributed by atoms with Gasteiger partial charge in [-0.05, 0) is 10.4 Å². The van der Waals surface area contributed by atoms with E-state index in [0.717, 1.165) is 10.7 Å². The van der Waals surface area contributed by atoms with Crippen LogP contribution < -0.4 is 11.4 Å². The van der Waals surface area contributed by atoms with E-state index < -0.39 is 17.3 Å². The van der Waals surface area contributed by atoms with Crippen LogP contribution in [0.2, 0.25) is 0 Å². The molecule has 0 fully saturated rings. The Balaban J connectivity index is 2.47. The second-order valence-corrected chi connectivity index (χ2v) is 3.87. The molecule has 3 rings (SSSR count). The molecule has 1 aromatic carbocycles. The molecule has 0 aliphatic heterocycles. The summed E-state index contributed by atoms with van der Waals surface area (Å²) >= 11 is 0. The average molecular weight is 275 g/mol. The summed E-state index contributed by atoms with van der Waals surface area (Å²) < 4.78 is 19.7. The van der Waals surface area contributed by atoms with Crippen molar-refractivity contribution in [3.63, 3.8) is 0 Å². The number of aromatic nitrogens is 5. The van der Waals surface area contributed by atoms with Gasteiger partial charge in [0.25, 0.3) is 0 Å². The fourth-order valence-electron chi connectivity index (χ4n) is 1.96. The molecule has 0 unspecified atom stereocenters. The molecule has 2 heterocycles. The molecule has 0 amide bonds. The van der Waals surface area contributed by atoms with E-state index in [4.69, 9.17) is 10.8 Å². The monoisotopic (exact) mass is 275 g/mol. The molecule has 100 valence electrons. The number of halogens is 1. The molecule has 3 aromatic rings. The first-order valence-corrected chi connectivity index (χ1v) is 5.40. The van der Waals surface area contributed by atoms with Gasteiger partial charge in [0.2, 0.25) is 0 Å². The summed E-state index contributed by atoms with van der Waals surface area (Å²) in [7, 11) is 0. The number of H-pyrrole nitrogens is 2. The van der Waals surface area contributed by atoms with Crippen LogP contribution >= 0.6 is 0 Å². The SMILES string of the molecule is C#CCc1c(-n2nn[nH]c2=O)c(F)cc2oc(=O)[nH]c12. The number of nitrogens with zero attached hydrogens (tertiary/aromatic N) is 3. The van der Waals surface area contributed by atoms with Crippen molar-refractivity contribution in [2.75, 3.05) is 0 Å². The van der Waals surface area contributed by atoms with Crippen molar-refractivity contribution in [3.8, 4) is 18.0 Å². The fourth-order valence-corrected chi connectivity index (χ4v) is 1.96. The van der Waals surface area contributed by atoms with Crippen molar-refractivity contribution >= 4 is 11.1 Å². The number of benzene rings is 1. The smallest absolute Gasteiger partial charge is 0.408 e. The third-order valence-corrected chi connectivity index (χ3v) is 2.71. The minimum atomic E-state index is -0.804. The number of rotatable bonds is 2. The number of oxazole rings is 1. The highest BCUT2D eigenvalue weighted by Crippen LogP contribution is 2.25. The van der Waals surface area contributed by atoms with Crippen molar-refractivity contribution in [2.45, 2.75) is 6.42 Å². The van der Waals surface area contributed by atoms with Gasteiger partial charge in [0.05, 0.1) is 5.52 Å². The normalized spacial score (nSPS) is 10.8. The van der Waals surface area contributed by atoms with Gasteiger partial charge >= 0.3 is 11.4 Å². The summed E-state index contributed by atoms with van der Waals surface area (Å²) in [6.45, 7) is 0. The molecule has 2 aromatic heterocycles. The molecule has 9 heteroatoms. The molecule has 0 spiro atoms. The zero-order chi connectivity index (χ0) is 14.3. The highest BCUT2D eigenvalue weighted by Gasteiger charge is 2.20. The van der Waals surface area contributed by atoms with Crippen molar-refractivity contribution in [1.82, 2.24) is 25.2 Å². The minimum Gasteiger partial charge on any atom is -0.408 e. The Hall–Kier alpha value is -3.15. The summed E-state index contributed by atoms with van der Waals surface area (Å²) in [6, 6.07) is 0.976. The van der Waals surface area contributed by atoms with Gasteiger partial charge in [0.1, 0.15) is 5.69 Å². The molecule has 0 bridgehead atoms. The molecule has 20 heavy (non-hydrogen) atoms. The minimum absolute atomic E-state index is 0.0121.